The fourth-order valence-electron chi connectivity index (χ4n) is 3.18. The van der Waals surface area contributed by atoms with Crippen molar-refractivity contribution in [2.45, 2.75) is 38.2 Å². The Morgan fingerprint density at radius 2 is 2.21 bits per heavy atom. The van der Waals surface area contributed by atoms with E-state index in [4.69, 9.17) is 22.1 Å². The molecule has 0 amide bonds. The second kappa shape index (κ2) is 8.55. The fraction of sp³-hybridized carbons (Fsp3) is 0.286. The number of ether oxygens (including phenoxy) is 1. The minimum atomic E-state index is -0.341. The number of aliphatic imine (C=N–C) groups is 1. The molecule has 0 aliphatic heterocycles. The minimum absolute atomic E-state index is 0.107. The van der Waals surface area contributed by atoms with Crippen LogP contribution >= 0.6 is 27.5 Å². The van der Waals surface area contributed by atoms with Crippen molar-refractivity contribution in [3.8, 4) is 5.75 Å². The van der Waals surface area contributed by atoms with Gasteiger partial charge in [0.2, 0.25) is 5.95 Å². The van der Waals surface area contributed by atoms with Crippen molar-refractivity contribution in [1.82, 2.24) is 9.97 Å². The van der Waals surface area contributed by atoms with E-state index in [-0.39, 0.29) is 18.1 Å². The van der Waals surface area contributed by atoms with Crippen LogP contribution in [0.25, 0.3) is 0 Å². The van der Waals surface area contributed by atoms with Crippen LogP contribution in [0.5, 0.6) is 5.75 Å². The van der Waals surface area contributed by atoms with Crippen molar-refractivity contribution in [2.24, 2.45) is 10.7 Å². The predicted octanol–water partition coefficient (Wildman–Crippen LogP) is 4.91. The number of allylic oxidation sites excluding steroid dienone is 2. The molecule has 150 valence electrons. The van der Waals surface area contributed by atoms with E-state index in [0.717, 1.165) is 42.6 Å². The number of benzene rings is 1. The average Bonchev–Trinajstić information content (AvgIpc) is 3.55. The summed E-state index contributed by atoms with van der Waals surface area (Å²) in [5.41, 5.74) is 8.02. The van der Waals surface area contributed by atoms with Crippen LogP contribution in [0.1, 0.15) is 42.9 Å². The van der Waals surface area contributed by atoms with Gasteiger partial charge in [-0.15, -0.1) is 0 Å². The molecule has 6 nitrogen and oxygen atoms in total. The van der Waals surface area contributed by atoms with Crippen molar-refractivity contribution < 1.29 is 4.74 Å². The Labute approximate surface area is 181 Å². The van der Waals surface area contributed by atoms with Crippen LogP contribution in [0.2, 0.25) is 5.02 Å². The van der Waals surface area contributed by atoms with Crippen LogP contribution < -0.4 is 16.0 Å². The highest BCUT2D eigenvalue weighted by Crippen LogP contribution is 2.47. The lowest BCUT2D eigenvalue weighted by molar-refractivity contribution is 0.297. The van der Waals surface area contributed by atoms with Gasteiger partial charge in [-0.25, -0.2) is 4.98 Å². The number of rotatable bonds is 6. The molecule has 1 aromatic carbocycles. The number of hydrogen-bond acceptors (Lipinski definition) is 4. The average molecular weight is 476 g/mol. The summed E-state index contributed by atoms with van der Waals surface area (Å²) in [6.07, 6.45) is 10.1. The van der Waals surface area contributed by atoms with Crippen molar-refractivity contribution in [3.05, 3.63) is 73.1 Å². The smallest absolute Gasteiger partial charge is 0.267 e. The number of nitrogens with zero attached hydrogens (tertiary/aromatic N) is 2. The lowest BCUT2D eigenvalue weighted by Gasteiger charge is -2.13. The molecular weight excluding hydrogens is 456 g/mol. The largest absolute Gasteiger partial charge is 0.487 e. The number of nitrogens with one attached hydrogen (secondary N) is 1. The van der Waals surface area contributed by atoms with Gasteiger partial charge < -0.3 is 10.5 Å². The first kappa shape index (κ1) is 19.9. The number of H-pyrrole nitrogens is 1. The molecule has 0 radical (unpaired) electrons. The van der Waals surface area contributed by atoms with Crippen molar-refractivity contribution >= 4 is 39.3 Å². The Morgan fingerprint density at radius 1 is 1.38 bits per heavy atom. The van der Waals surface area contributed by atoms with Crippen LogP contribution in [0, 0.1) is 0 Å². The molecule has 1 heterocycles. The Hall–Kier alpha value is -2.38. The van der Waals surface area contributed by atoms with Gasteiger partial charge in [0.05, 0.1) is 0 Å². The highest BCUT2D eigenvalue weighted by atomic mass is 79.9. The Bertz CT molecular complexity index is 1090. The van der Waals surface area contributed by atoms with E-state index in [2.05, 4.69) is 30.9 Å². The van der Waals surface area contributed by atoms with Crippen LogP contribution in [0.15, 0.2) is 56.3 Å². The van der Waals surface area contributed by atoms with Gasteiger partial charge in [-0.05, 0) is 59.7 Å². The van der Waals surface area contributed by atoms with E-state index in [1.54, 1.807) is 0 Å². The van der Waals surface area contributed by atoms with Gasteiger partial charge in [0.1, 0.15) is 28.4 Å². The second-order valence-corrected chi connectivity index (χ2v) is 8.20. The van der Waals surface area contributed by atoms with Gasteiger partial charge >= 0.3 is 0 Å². The normalized spacial score (nSPS) is 16.6. The molecule has 2 aromatic rings. The zero-order chi connectivity index (χ0) is 20.4. The molecule has 2 aliphatic rings. The standard InChI is InChI=1S/C21H20BrClN4O2/c22-18-15(11-29-16-8-4-7-14(23)17(16)12-9-10-12)25-21(27-20(18)28)26-19(24)13-5-2-1-3-6-13/h2,4-8,12H,1,3,9-11H2,(H3,24,25,26,27,28). The molecule has 1 fully saturated rings. The van der Waals surface area contributed by atoms with E-state index in [9.17, 15) is 4.79 Å². The third-order valence-corrected chi connectivity index (χ3v) is 5.95. The summed E-state index contributed by atoms with van der Waals surface area (Å²) >= 11 is 9.65. The molecule has 0 spiro atoms. The SMILES string of the molecule is NC(=Nc1nc(COc2cccc(Cl)c2C2CC2)c(Br)c(=O)[nH]1)C1=CCCC=C1. The van der Waals surface area contributed by atoms with Crippen LogP contribution in [-0.4, -0.2) is 15.8 Å². The summed E-state index contributed by atoms with van der Waals surface area (Å²) in [7, 11) is 0. The molecule has 2 aliphatic carbocycles. The number of halogens is 2. The summed E-state index contributed by atoms with van der Waals surface area (Å²) in [5.74, 6) is 1.61. The highest BCUT2D eigenvalue weighted by molar-refractivity contribution is 9.10. The van der Waals surface area contributed by atoms with Crippen LogP contribution in [0.3, 0.4) is 0 Å². The van der Waals surface area contributed by atoms with Gasteiger partial charge in [-0.1, -0.05) is 35.9 Å². The highest BCUT2D eigenvalue weighted by Gasteiger charge is 2.29. The van der Waals surface area contributed by atoms with E-state index in [0.29, 0.717) is 26.9 Å². The number of amidine groups is 1. The lowest BCUT2D eigenvalue weighted by Crippen LogP contribution is -2.17. The molecule has 3 N–H and O–H groups in total. The van der Waals surface area contributed by atoms with Gasteiger partial charge in [0, 0.05) is 16.2 Å². The maximum atomic E-state index is 12.3. The second-order valence-electron chi connectivity index (χ2n) is 7.00. The van der Waals surface area contributed by atoms with Gasteiger partial charge in [-0.3, -0.25) is 9.78 Å². The van der Waals surface area contributed by atoms with E-state index >= 15 is 0 Å². The monoisotopic (exact) mass is 474 g/mol. The predicted molar refractivity (Wildman–Crippen MR) is 118 cm³/mol. The first-order chi connectivity index (χ1) is 14.0. The zero-order valence-corrected chi connectivity index (χ0v) is 18.0. The fourth-order valence-corrected chi connectivity index (χ4v) is 3.80. The third kappa shape index (κ3) is 4.62. The van der Waals surface area contributed by atoms with Crippen molar-refractivity contribution in [2.75, 3.05) is 0 Å². The topological polar surface area (TPSA) is 93.4 Å². The molecule has 4 rings (SSSR count). The molecule has 1 aromatic heterocycles. The first-order valence-electron chi connectivity index (χ1n) is 9.44. The summed E-state index contributed by atoms with van der Waals surface area (Å²) in [6.45, 7) is 0.107. The first-order valence-corrected chi connectivity index (χ1v) is 10.6. The minimum Gasteiger partial charge on any atom is -0.487 e. The lowest BCUT2D eigenvalue weighted by atomic mass is 10.1. The zero-order valence-electron chi connectivity index (χ0n) is 15.6. The van der Waals surface area contributed by atoms with Crippen molar-refractivity contribution in [3.63, 3.8) is 0 Å². The van der Waals surface area contributed by atoms with E-state index < -0.39 is 0 Å². The summed E-state index contributed by atoms with van der Waals surface area (Å²) in [5, 5.41) is 0.704. The Kier molecular flexibility index (Phi) is 5.87. The molecular formula is C21H20BrClN4O2. The third-order valence-electron chi connectivity index (χ3n) is 4.80. The quantitative estimate of drug-likeness (QED) is 0.459. The van der Waals surface area contributed by atoms with Gasteiger partial charge in [0.15, 0.2) is 0 Å². The molecule has 8 heteroatoms. The van der Waals surface area contributed by atoms with E-state index in [1.165, 1.54) is 0 Å². The molecule has 0 bridgehead atoms. The van der Waals surface area contributed by atoms with Gasteiger partial charge in [-0.2, -0.15) is 4.99 Å². The maximum absolute atomic E-state index is 12.3. The van der Waals surface area contributed by atoms with Crippen LogP contribution in [-0.2, 0) is 6.61 Å². The summed E-state index contributed by atoms with van der Waals surface area (Å²) in [4.78, 5) is 23.6. The molecule has 29 heavy (non-hydrogen) atoms. The number of hydrogen-bond donors (Lipinski definition) is 2. The van der Waals surface area contributed by atoms with Gasteiger partial charge in [0.25, 0.3) is 5.56 Å². The number of nitrogens with two attached hydrogens (primary N) is 1. The van der Waals surface area contributed by atoms with E-state index in [1.807, 2.05) is 36.4 Å². The molecule has 0 atom stereocenters. The van der Waals surface area contributed by atoms with Crippen molar-refractivity contribution in [1.29, 1.82) is 0 Å². The molecule has 0 unspecified atom stereocenters. The number of aromatic nitrogens is 2. The summed E-state index contributed by atoms with van der Waals surface area (Å²) in [6, 6.07) is 5.61. The number of aromatic amines is 1. The summed E-state index contributed by atoms with van der Waals surface area (Å²) < 4.78 is 6.29. The molecule has 0 saturated heterocycles. The molecule has 1 saturated carbocycles. The Balaban J connectivity index is 1.59. The maximum Gasteiger partial charge on any atom is 0.267 e. The van der Waals surface area contributed by atoms with Crippen LogP contribution in [0.4, 0.5) is 5.95 Å². The Morgan fingerprint density at radius 3 is 2.93 bits per heavy atom.